The molecule has 1 nitrogen and oxygen atoms in total. The minimum atomic E-state index is -4.05. The van der Waals surface area contributed by atoms with E-state index in [1.54, 1.807) is 0 Å². The molecule has 0 bridgehead atoms. The summed E-state index contributed by atoms with van der Waals surface area (Å²) in [6, 6.07) is 7.89. The van der Waals surface area contributed by atoms with Gasteiger partial charge in [-0.05, 0) is 43.4 Å². The second-order valence-electron chi connectivity index (χ2n) is 5.30. The maximum Gasteiger partial charge on any atom is 0.391 e. The molecule has 0 heterocycles. The zero-order valence-electron chi connectivity index (χ0n) is 11.1. The number of nitrogens with one attached hydrogen (secondary N) is 1. The third-order valence-corrected chi connectivity index (χ3v) is 3.87. The van der Waals surface area contributed by atoms with Gasteiger partial charge in [0.15, 0.2) is 0 Å². The van der Waals surface area contributed by atoms with E-state index in [9.17, 15) is 13.2 Å². The first-order chi connectivity index (χ1) is 8.99. The van der Waals surface area contributed by atoms with Crippen LogP contribution in [0.4, 0.5) is 18.9 Å². The molecular weight excluding hydrogens is 251 g/mol. The molecule has 0 spiro atoms. The average molecular weight is 271 g/mol. The largest absolute Gasteiger partial charge is 0.391 e. The van der Waals surface area contributed by atoms with Crippen molar-refractivity contribution in [2.45, 2.75) is 51.2 Å². The summed E-state index contributed by atoms with van der Waals surface area (Å²) in [7, 11) is 0. The highest BCUT2D eigenvalue weighted by molar-refractivity contribution is 5.45. The highest BCUT2D eigenvalue weighted by Gasteiger charge is 2.42. The van der Waals surface area contributed by atoms with E-state index in [0.29, 0.717) is 6.42 Å². The summed E-state index contributed by atoms with van der Waals surface area (Å²) < 4.78 is 38.2. The summed E-state index contributed by atoms with van der Waals surface area (Å²) in [5.41, 5.74) is 2.16. The SMILES string of the molecule is CCc1ccc(NC2CCCC(C(F)(F)F)C2)cc1. The first-order valence-corrected chi connectivity index (χ1v) is 6.91. The lowest BCUT2D eigenvalue weighted by Gasteiger charge is -2.31. The van der Waals surface area contributed by atoms with Gasteiger partial charge in [0.2, 0.25) is 0 Å². The van der Waals surface area contributed by atoms with Crippen molar-refractivity contribution >= 4 is 5.69 Å². The molecule has 0 aromatic heterocycles. The van der Waals surface area contributed by atoms with Crippen molar-refractivity contribution < 1.29 is 13.2 Å². The van der Waals surface area contributed by atoms with E-state index in [4.69, 9.17) is 0 Å². The number of aryl methyl sites for hydroxylation is 1. The number of anilines is 1. The molecule has 1 fully saturated rings. The Hall–Kier alpha value is -1.19. The zero-order chi connectivity index (χ0) is 13.9. The van der Waals surface area contributed by atoms with E-state index in [0.717, 1.165) is 18.5 Å². The van der Waals surface area contributed by atoms with E-state index >= 15 is 0 Å². The monoisotopic (exact) mass is 271 g/mol. The van der Waals surface area contributed by atoms with Gasteiger partial charge < -0.3 is 5.32 Å². The van der Waals surface area contributed by atoms with Crippen LogP contribution in [-0.4, -0.2) is 12.2 Å². The lowest BCUT2D eigenvalue weighted by molar-refractivity contribution is -0.182. The molecule has 1 aromatic rings. The van der Waals surface area contributed by atoms with Crippen LogP contribution in [-0.2, 0) is 6.42 Å². The molecule has 2 rings (SSSR count). The summed E-state index contributed by atoms with van der Waals surface area (Å²) in [6.45, 7) is 2.08. The van der Waals surface area contributed by atoms with Crippen molar-refractivity contribution in [2.75, 3.05) is 5.32 Å². The highest BCUT2D eigenvalue weighted by atomic mass is 19.4. The Kier molecular flexibility index (Phi) is 4.38. The molecule has 2 atom stereocenters. The van der Waals surface area contributed by atoms with Crippen LogP contribution >= 0.6 is 0 Å². The van der Waals surface area contributed by atoms with Gasteiger partial charge in [0.05, 0.1) is 5.92 Å². The first-order valence-electron chi connectivity index (χ1n) is 6.91. The Morgan fingerprint density at radius 1 is 1.16 bits per heavy atom. The van der Waals surface area contributed by atoms with Gasteiger partial charge in [0.25, 0.3) is 0 Å². The number of halogens is 3. The molecule has 1 saturated carbocycles. The van der Waals surface area contributed by atoms with Crippen molar-refractivity contribution in [2.24, 2.45) is 5.92 Å². The molecule has 4 heteroatoms. The van der Waals surface area contributed by atoms with Gasteiger partial charge in [0, 0.05) is 11.7 Å². The number of hydrogen-bond donors (Lipinski definition) is 1. The third-order valence-electron chi connectivity index (χ3n) is 3.87. The Morgan fingerprint density at radius 3 is 2.42 bits per heavy atom. The highest BCUT2D eigenvalue weighted by Crippen LogP contribution is 2.38. The summed E-state index contributed by atoms with van der Waals surface area (Å²) in [4.78, 5) is 0. The van der Waals surface area contributed by atoms with Crippen LogP contribution in [0, 0.1) is 5.92 Å². The normalized spacial score (nSPS) is 24.2. The van der Waals surface area contributed by atoms with Crippen LogP contribution in [0.5, 0.6) is 0 Å². The van der Waals surface area contributed by atoms with Crippen molar-refractivity contribution in [3.63, 3.8) is 0 Å². The van der Waals surface area contributed by atoms with E-state index in [-0.39, 0.29) is 18.9 Å². The maximum atomic E-state index is 12.7. The maximum absolute atomic E-state index is 12.7. The topological polar surface area (TPSA) is 12.0 Å². The summed E-state index contributed by atoms with van der Waals surface area (Å²) in [5.74, 6) is -1.14. The van der Waals surface area contributed by atoms with Crippen LogP contribution < -0.4 is 5.32 Å². The third kappa shape index (κ3) is 3.88. The second kappa shape index (κ2) is 5.85. The molecule has 0 aliphatic heterocycles. The van der Waals surface area contributed by atoms with Crippen molar-refractivity contribution in [1.82, 2.24) is 0 Å². The molecule has 0 saturated heterocycles. The fourth-order valence-electron chi connectivity index (χ4n) is 2.69. The Balaban J connectivity index is 1.94. The standard InChI is InChI=1S/C15H20F3N/c1-2-11-6-8-13(9-7-11)19-14-5-3-4-12(10-14)15(16,17)18/h6-9,12,14,19H,2-5,10H2,1H3. The lowest BCUT2D eigenvalue weighted by Crippen LogP contribution is -2.34. The van der Waals surface area contributed by atoms with Crippen molar-refractivity contribution in [3.8, 4) is 0 Å². The van der Waals surface area contributed by atoms with Gasteiger partial charge in [-0.2, -0.15) is 13.2 Å². The van der Waals surface area contributed by atoms with Gasteiger partial charge in [-0.3, -0.25) is 0 Å². The second-order valence-corrected chi connectivity index (χ2v) is 5.30. The minimum Gasteiger partial charge on any atom is -0.382 e. The molecule has 1 aromatic carbocycles. The molecular formula is C15H20F3N. The quantitative estimate of drug-likeness (QED) is 0.834. The molecule has 1 aliphatic carbocycles. The zero-order valence-corrected chi connectivity index (χ0v) is 11.1. The number of hydrogen-bond acceptors (Lipinski definition) is 1. The Bertz CT molecular complexity index is 397. The first kappa shape index (κ1) is 14.2. The van der Waals surface area contributed by atoms with E-state index in [2.05, 4.69) is 12.2 Å². The Morgan fingerprint density at radius 2 is 1.84 bits per heavy atom. The molecule has 1 aliphatic rings. The minimum absolute atomic E-state index is 0.0622. The van der Waals surface area contributed by atoms with E-state index in [1.807, 2.05) is 24.3 Å². The summed E-state index contributed by atoms with van der Waals surface area (Å²) in [5, 5.41) is 3.23. The van der Waals surface area contributed by atoms with Crippen LogP contribution in [0.3, 0.4) is 0 Å². The molecule has 2 unspecified atom stereocenters. The average Bonchev–Trinajstić information content (AvgIpc) is 2.39. The molecule has 0 amide bonds. The fourth-order valence-corrected chi connectivity index (χ4v) is 2.69. The van der Waals surface area contributed by atoms with Crippen LogP contribution in [0.2, 0.25) is 0 Å². The number of benzene rings is 1. The summed E-state index contributed by atoms with van der Waals surface area (Å²) in [6.07, 6.45) is -1.14. The van der Waals surface area contributed by atoms with Gasteiger partial charge in [-0.1, -0.05) is 25.5 Å². The Labute approximate surface area is 112 Å². The van der Waals surface area contributed by atoms with Crippen LogP contribution in [0.15, 0.2) is 24.3 Å². The van der Waals surface area contributed by atoms with E-state index in [1.165, 1.54) is 5.56 Å². The molecule has 106 valence electrons. The van der Waals surface area contributed by atoms with E-state index < -0.39 is 12.1 Å². The molecule has 0 radical (unpaired) electrons. The number of alkyl halides is 3. The van der Waals surface area contributed by atoms with Crippen molar-refractivity contribution in [1.29, 1.82) is 0 Å². The summed E-state index contributed by atoms with van der Waals surface area (Å²) >= 11 is 0. The van der Waals surface area contributed by atoms with Gasteiger partial charge >= 0.3 is 6.18 Å². The lowest BCUT2D eigenvalue weighted by atomic mass is 9.85. The molecule has 1 N–H and O–H groups in total. The van der Waals surface area contributed by atoms with Gasteiger partial charge in [-0.25, -0.2) is 0 Å². The van der Waals surface area contributed by atoms with Gasteiger partial charge in [-0.15, -0.1) is 0 Å². The predicted molar refractivity (Wildman–Crippen MR) is 71.2 cm³/mol. The smallest absolute Gasteiger partial charge is 0.382 e. The van der Waals surface area contributed by atoms with Crippen molar-refractivity contribution in [3.05, 3.63) is 29.8 Å². The predicted octanol–water partition coefficient (Wildman–Crippen LogP) is 4.78. The fraction of sp³-hybridized carbons (Fsp3) is 0.600. The molecule has 19 heavy (non-hydrogen) atoms. The van der Waals surface area contributed by atoms with Gasteiger partial charge in [0.1, 0.15) is 0 Å². The number of rotatable bonds is 3. The van der Waals surface area contributed by atoms with Crippen LogP contribution in [0.1, 0.15) is 38.2 Å². The van der Waals surface area contributed by atoms with Crippen LogP contribution in [0.25, 0.3) is 0 Å².